The molecule has 1 atom stereocenters. The fourth-order valence-electron chi connectivity index (χ4n) is 3.13. The van der Waals surface area contributed by atoms with Crippen molar-refractivity contribution in [2.24, 2.45) is 5.92 Å². The van der Waals surface area contributed by atoms with Crippen LogP contribution in [-0.2, 0) is 6.54 Å². The molecule has 5 nitrogen and oxygen atoms in total. The number of rotatable bonds is 5. The predicted molar refractivity (Wildman–Crippen MR) is 101 cm³/mol. The molecule has 3 rings (SSSR count). The number of carbonyl (C=O) groups excluding carboxylic acids is 1. The zero-order chi connectivity index (χ0) is 17.6. The van der Waals surface area contributed by atoms with E-state index < -0.39 is 0 Å². The maximum absolute atomic E-state index is 11.9. The predicted octanol–water partition coefficient (Wildman–Crippen LogP) is 3.37. The Labute approximate surface area is 153 Å². The van der Waals surface area contributed by atoms with E-state index in [1.807, 2.05) is 24.3 Å². The number of hydrogen-bond donors (Lipinski definition) is 2. The van der Waals surface area contributed by atoms with Gasteiger partial charge in [-0.2, -0.15) is 0 Å². The summed E-state index contributed by atoms with van der Waals surface area (Å²) in [7, 11) is 0. The number of hydrogen-bond acceptors (Lipinski definition) is 3. The van der Waals surface area contributed by atoms with Crippen LogP contribution >= 0.6 is 11.6 Å². The summed E-state index contributed by atoms with van der Waals surface area (Å²) in [5, 5.41) is 6.59. The van der Waals surface area contributed by atoms with Gasteiger partial charge in [-0.05, 0) is 48.6 Å². The first-order valence-electron chi connectivity index (χ1n) is 8.53. The van der Waals surface area contributed by atoms with Crippen LogP contribution in [0.2, 0.25) is 5.02 Å². The highest BCUT2D eigenvalue weighted by molar-refractivity contribution is 6.30. The van der Waals surface area contributed by atoms with Crippen molar-refractivity contribution >= 4 is 23.3 Å². The molecule has 1 aliphatic rings. The van der Waals surface area contributed by atoms with Gasteiger partial charge < -0.3 is 15.5 Å². The van der Waals surface area contributed by atoms with E-state index in [0.717, 1.165) is 30.1 Å². The second-order valence-electron chi connectivity index (χ2n) is 6.46. The van der Waals surface area contributed by atoms with Gasteiger partial charge in [0.2, 0.25) is 0 Å². The van der Waals surface area contributed by atoms with Gasteiger partial charge in [0.05, 0.1) is 0 Å². The van der Waals surface area contributed by atoms with E-state index in [4.69, 9.17) is 11.6 Å². The highest BCUT2D eigenvalue weighted by Gasteiger charge is 2.24. The molecule has 1 aliphatic heterocycles. The lowest BCUT2D eigenvalue weighted by atomic mass is 10.1. The van der Waals surface area contributed by atoms with Crippen molar-refractivity contribution in [3.63, 3.8) is 0 Å². The first-order valence-corrected chi connectivity index (χ1v) is 8.91. The molecule has 0 radical (unpaired) electrons. The Morgan fingerprint density at radius 3 is 3.04 bits per heavy atom. The molecule has 0 unspecified atom stereocenters. The van der Waals surface area contributed by atoms with Gasteiger partial charge >= 0.3 is 6.03 Å². The minimum absolute atomic E-state index is 0.138. The smallest absolute Gasteiger partial charge is 0.315 e. The third-order valence-corrected chi connectivity index (χ3v) is 4.76. The normalized spacial score (nSPS) is 16.7. The van der Waals surface area contributed by atoms with E-state index in [0.29, 0.717) is 19.0 Å². The van der Waals surface area contributed by atoms with E-state index in [2.05, 4.69) is 33.5 Å². The molecule has 2 heterocycles. The van der Waals surface area contributed by atoms with Crippen LogP contribution in [-0.4, -0.2) is 30.6 Å². The van der Waals surface area contributed by atoms with Gasteiger partial charge in [0.15, 0.2) is 0 Å². The van der Waals surface area contributed by atoms with Gasteiger partial charge in [-0.1, -0.05) is 23.7 Å². The van der Waals surface area contributed by atoms with Gasteiger partial charge in [0.1, 0.15) is 0 Å². The first-order chi connectivity index (χ1) is 12.1. The Kier molecular flexibility index (Phi) is 5.76. The summed E-state index contributed by atoms with van der Waals surface area (Å²) >= 11 is 6.12. The number of pyridine rings is 1. The zero-order valence-electron chi connectivity index (χ0n) is 14.3. The molecule has 0 aliphatic carbocycles. The lowest BCUT2D eigenvalue weighted by Crippen LogP contribution is -2.38. The molecular weight excluding hydrogens is 336 g/mol. The standard InChI is InChI=1S/C19H23ClN4O/c1-14-4-5-17(20)9-18(14)24-8-6-16(13-24)12-23-19(25)22-11-15-3-2-7-21-10-15/h2-5,7,9-10,16H,6,8,11-13H2,1H3,(H2,22,23,25)/t16-/m1/s1. The Morgan fingerprint density at radius 1 is 1.36 bits per heavy atom. The topological polar surface area (TPSA) is 57.3 Å². The molecule has 0 bridgehead atoms. The summed E-state index contributed by atoms with van der Waals surface area (Å²) in [4.78, 5) is 18.3. The van der Waals surface area contributed by atoms with Crippen molar-refractivity contribution in [2.45, 2.75) is 19.9 Å². The number of nitrogens with zero attached hydrogens (tertiary/aromatic N) is 2. The van der Waals surface area contributed by atoms with Crippen LogP contribution in [0.15, 0.2) is 42.7 Å². The van der Waals surface area contributed by atoms with Crippen LogP contribution in [0.25, 0.3) is 0 Å². The van der Waals surface area contributed by atoms with E-state index in [-0.39, 0.29) is 6.03 Å². The lowest BCUT2D eigenvalue weighted by molar-refractivity contribution is 0.239. The Balaban J connectivity index is 1.44. The highest BCUT2D eigenvalue weighted by atomic mass is 35.5. The van der Waals surface area contributed by atoms with Crippen molar-refractivity contribution < 1.29 is 4.79 Å². The Bertz CT molecular complexity index is 723. The quantitative estimate of drug-likeness (QED) is 0.861. The Morgan fingerprint density at radius 2 is 2.24 bits per heavy atom. The average Bonchev–Trinajstić information content (AvgIpc) is 3.10. The number of anilines is 1. The van der Waals surface area contributed by atoms with Crippen LogP contribution in [0.5, 0.6) is 0 Å². The van der Waals surface area contributed by atoms with Crippen LogP contribution in [0, 0.1) is 12.8 Å². The van der Waals surface area contributed by atoms with Crippen LogP contribution < -0.4 is 15.5 Å². The number of carbonyl (C=O) groups is 1. The number of halogens is 1. The minimum atomic E-state index is -0.138. The number of aromatic nitrogens is 1. The van der Waals surface area contributed by atoms with E-state index in [1.165, 1.54) is 11.3 Å². The molecule has 1 aromatic heterocycles. The first kappa shape index (κ1) is 17.5. The van der Waals surface area contributed by atoms with Crippen molar-refractivity contribution in [3.05, 3.63) is 58.9 Å². The molecule has 1 fully saturated rings. The molecule has 2 N–H and O–H groups in total. The summed E-state index contributed by atoms with van der Waals surface area (Å²) < 4.78 is 0. The van der Waals surface area contributed by atoms with E-state index in [9.17, 15) is 4.79 Å². The SMILES string of the molecule is Cc1ccc(Cl)cc1N1CC[C@H](CNC(=O)NCc2cccnc2)C1. The van der Waals surface area contributed by atoms with Gasteiger partial charge in [-0.15, -0.1) is 0 Å². The molecule has 1 saturated heterocycles. The summed E-state index contributed by atoms with van der Waals surface area (Å²) in [6.45, 7) is 5.19. The molecule has 1 aromatic carbocycles. The maximum Gasteiger partial charge on any atom is 0.315 e. The maximum atomic E-state index is 11.9. The summed E-state index contributed by atoms with van der Waals surface area (Å²) in [5.74, 6) is 0.447. The average molecular weight is 359 g/mol. The summed E-state index contributed by atoms with van der Waals surface area (Å²) in [6.07, 6.45) is 4.54. The minimum Gasteiger partial charge on any atom is -0.371 e. The molecule has 6 heteroatoms. The van der Waals surface area contributed by atoms with E-state index >= 15 is 0 Å². The third-order valence-electron chi connectivity index (χ3n) is 4.52. The molecule has 2 aromatic rings. The second kappa shape index (κ2) is 8.21. The number of urea groups is 1. The monoisotopic (exact) mass is 358 g/mol. The molecule has 0 spiro atoms. The molecule has 132 valence electrons. The lowest BCUT2D eigenvalue weighted by Gasteiger charge is -2.21. The van der Waals surface area contributed by atoms with Gasteiger partial charge in [-0.3, -0.25) is 4.98 Å². The van der Waals surface area contributed by atoms with Crippen LogP contribution in [0.4, 0.5) is 10.5 Å². The van der Waals surface area contributed by atoms with Gasteiger partial charge in [0, 0.05) is 49.3 Å². The van der Waals surface area contributed by atoms with Crippen molar-refractivity contribution in [2.75, 3.05) is 24.5 Å². The second-order valence-corrected chi connectivity index (χ2v) is 6.89. The van der Waals surface area contributed by atoms with Crippen LogP contribution in [0.3, 0.4) is 0 Å². The molecule has 0 saturated carbocycles. The number of benzene rings is 1. The van der Waals surface area contributed by atoms with Gasteiger partial charge in [0.25, 0.3) is 0 Å². The fraction of sp³-hybridized carbons (Fsp3) is 0.368. The highest BCUT2D eigenvalue weighted by Crippen LogP contribution is 2.29. The van der Waals surface area contributed by atoms with Crippen molar-refractivity contribution in [1.29, 1.82) is 0 Å². The molecular formula is C19H23ClN4O. The van der Waals surface area contributed by atoms with Crippen molar-refractivity contribution in [1.82, 2.24) is 15.6 Å². The molecule has 25 heavy (non-hydrogen) atoms. The largest absolute Gasteiger partial charge is 0.371 e. The van der Waals surface area contributed by atoms with Gasteiger partial charge in [-0.25, -0.2) is 4.79 Å². The third kappa shape index (κ3) is 4.86. The van der Waals surface area contributed by atoms with Crippen molar-refractivity contribution in [3.8, 4) is 0 Å². The number of amides is 2. The fourth-order valence-corrected chi connectivity index (χ4v) is 3.29. The molecule has 2 amide bonds. The number of nitrogens with one attached hydrogen (secondary N) is 2. The van der Waals surface area contributed by atoms with Crippen LogP contribution in [0.1, 0.15) is 17.5 Å². The zero-order valence-corrected chi connectivity index (χ0v) is 15.1. The number of aryl methyl sites for hydroxylation is 1. The Hall–Kier alpha value is -2.27. The summed E-state index contributed by atoms with van der Waals surface area (Å²) in [6, 6.07) is 9.65. The summed E-state index contributed by atoms with van der Waals surface area (Å²) in [5.41, 5.74) is 3.41. The van der Waals surface area contributed by atoms with E-state index in [1.54, 1.807) is 12.4 Å².